The number of anilines is 1. The molecule has 2 amide bonds. The number of nitrogens with one attached hydrogen (secondary N) is 2. The van der Waals surface area contributed by atoms with Crippen molar-refractivity contribution in [2.75, 3.05) is 18.1 Å². The van der Waals surface area contributed by atoms with E-state index < -0.39 is 4.92 Å². The smallest absolute Gasteiger partial charge is 0.282 e. The van der Waals surface area contributed by atoms with Crippen LogP contribution in [-0.4, -0.2) is 29.5 Å². The average Bonchev–Trinajstić information content (AvgIpc) is 2.60. The molecule has 24 heavy (non-hydrogen) atoms. The number of carbonyl (C=O) groups is 2. The number of carbonyl (C=O) groups excluding carboxylic acids is 2. The second kappa shape index (κ2) is 8.11. The normalized spacial score (nSPS) is 10.0. The van der Waals surface area contributed by atoms with E-state index in [9.17, 15) is 19.7 Å². The van der Waals surface area contributed by atoms with E-state index in [4.69, 9.17) is 0 Å². The molecular weight excluding hydrogens is 330 g/mol. The lowest BCUT2D eigenvalue weighted by atomic mass is 10.2. The van der Waals surface area contributed by atoms with Gasteiger partial charge in [0, 0.05) is 24.4 Å². The quantitative estimate of drug-likeness (QED) is 0.476. The molecule has 0 saturated heterocycles. The monoisotopic (exact) mass is 345 g/mol. The SMILES string of the molecule is CNC(=O)c1ccc(NC(=O)CSc2ccccc2[N+](=O)[O-])cc1. The number of para-hydroxylation sites is 1. The Morgan fingerprint density at radius 1 is 1.12 bits per heavy atom. The van der Waals surface area contributed by atoms with E-state index in [2.05, 4.69) is 10.6 Å². The molecule has 0 aliphatic rings. The van der Waals surface area contributed by atoms with E-state index in [1.807, 2.05) is 0 Å². The van der Waals surface area contributed by atoms with Gasteiger partial charge in [-0.1, -0.05) is 12.1 Å². The minimum absolute atomic E-state index is 0.0229. The lowest BCUT2D eigenvalue weighted by Gasteiger charge is -2.06. The van der Waals surface area contributed by atoms with Gasteiger partial charge in [0.15, 0.2) is 0 Å². The summed E-state index contributed by atoms with van der Waals surface area (Å²) in [6.07, 6.45) is 0. The van der Waals surface area contributed by atoms with Crippen LogP contribution in [0.25, 0.3) is 0 Å². The van der Waals surface area contributed by atoms with Crippen molar-refractivity contribution in [3.63, 3.8) is 0 Å². The molecule has 0 aromatic heterocycles. The summed E-state index contributed by atoms with van der Waals surface area (Å²) in [4.78, 5) is 34.3. The van der Waals surface area contributed by atoms with E-state index in [-0.39, 0.29) is 23.3 Å². The molecular formula is C16H15N3O4S. The molecule has 0 bridgehead atoms. The largest absolute Gasteiger partial charge is 0.355 e. The van der Waals surface area contributed by atoms with Gasteiger partial charge in [0.1, 0.15) is 0 Å². The van der Waals surface area contributed by atoms with E-state index in [0.717, 1.165) is 11.8 Å². The van der Waals surface area contributed by atoms with Crippen LogP contribution in [0.15, 0.2) is 53.4 Å². The highest BCUT2D eigenvalue weighted by Crippen LogP contribution is 2.28. The highest BCUT2D eigenvalue weighted by molar-refractivity contribution is 8.00. The van der Waals surface area contributed by atoms with Gasteiger partial charge < -0.3 is 10.6 Å². The number of benzene rings is 2. The van der Waals surface area contributed by atoms with Crippen LogP contribution < -0.4 is 10.6 Å². The summed E-state index contributed by atoms with van der Waals surface area (Å²) in [5.74, 6) is -0.451. The molecule has 0 radical (unpaired) electrons. The second-order valence-electron chi connectivity index (χ2n) is 4.72. The van der Waals surface area contributed by atoms with Crippen LogP contribution in [0.2, 0.25) is 0 Å². The Morgan fingerprint density at radius 2 is 1.79 bits per heavy atom. The van der Waals surface area contributed by atoms with Crippen molar-refractivity contribution >= 4 is 35.0 Å². The molecule has 7 nitrogen and oxygen atoms in total. The number of amides is 2. The molecule has 0 fully saturated rings. The third-order valence-corrected chi connectivity index (χ3v) is 4.14. The predicted molar refractivity (Wildman–Crippen MR) is 92.3 cm³/mol. The molecule has 2 aromatic carbocycles. The van der Waals surface area contributed by atoms with Gasteiger partial charge in [-0.2, -0.15) is 0 Å². The zero-order chi connectivity index (χ0) is 17.5. The standard InChI is InChI=1S/C16H15N3O4S/c1-17-16(21)11-6-8-12(9-7-11)18-15(20)10-24-14-5-3-2-4-13(14)19(22)23/h2-9H,10H2,1H3,(H,17,21)(H,18,20). The van der Waals surface area contributed by atoms with Gasteiger partial charge in [0.2, 0.25) is 5.91 Å². The Morgan fingerprint density at radius 3 is 2.42 bits per heavy atom. The topological polar surface area (TPSA) is 101 Å². The van der Waals surface area contributed by atoms with E-state index >= 15 is 0 Å². The third-order valence-electron chi connectivity index (χ3n) is 3.08. The maximum Gasteiger partial charge on any atom is 0.282 e. The minimum atomic E-state index is -0.474. The minimum Gasteiger partial charge on any atom is -0.355 e. The van der Waals surface area contributed by atoms with Crippen molar-refractivity contribution in [1.29, 1.82) is 0 Å². The summed E-state index contributed by atoms with van der Waals surface area (Å²) >= 11 is 1.10. The summed E-state index contributed by atoms with van der Waals surface area (Å²) < 4.78 is 0. The summed E-state index contributed by atoms with van der Waals surface area (Å²) in [5.41, 5.74) is 1.02. The van der Waals surface area contributed by atoms with Gasteiger partial charge >= 0.3 is 0 Å². The molecule has 124 valence electrons. The molecule has 0 spiro atoms. The van der Waals surface area contributed by atoms with Crippen molar-refractivity contribution in [1.82, 2.24) is 5.32 Å². The fourth-order valence-electron chi connectivity index (χ4n) is 1.92. The molecule has 2 N–H and O–H groups in total. The first-order valence-electron chi connectivity index (χ1n) is 6.99. The molecule has 2 aromatic rings. The van der Waals surface area contributed by atoms with Crippen molar-refractivity contribution in [2.45, 2.75) is 4.90 Å². The first-order chi connectivity index (χ1) is 11.5. The van der Waals surface area contributed by atoms with Crippen molar-refractivity contribution < 1.29 is 14.5 Å². The Hall–Kier alpha value is -2.87. The van der Waals surface area contributed by atoms with Crippen LogP contribution in [-0.2, 0) is 4.79 Å². The second-order valence-corrected chi connectivity index (χ2v) is 5.74. The van der Waals surface area contributed by atoms with E-state index in [1.54, 1.807) is 42.5 Å². The maximum atomic E-state index is 12.0. The highest BCUT2D eigenvalue weighted by atomic mass is 32.2. The number of hydrogen-bond acceptors (Lipinski definition) is 5. The third kappa shape index (κ3) is 4.56. The number of nitro groups is 1. The molecule has 0 saturated carbocycles. The van der Waals surface area contributed by atoms with Gasteiger partial charge in [-0.25, -0.2) is 0 Å². The van der Waals surface area contributed by atoms with Crippen molar-refractivity contribution in [3.8, 4) is 0 Å². The zero-order valence-electron chi connectivity index (χ0n) is 12.8. The first-order valence-corrected chi connectivity index (χ1v) is 7.98. The molecule has 8 heteroatoms. The summed E-state index contributed by atoms with van der Waals surface area (Å²) in [5, 5.41) is 16.1. The lowest BCUT2D eigenvalue weighted by Crippen LogP contribution is -2.18. The van der Waals surface area contributed by atoms with Crippen LogP contribution in [0.1, 0.15) is 10.4 Å². The molecule has 2 rings (SSSR count). The number of nitrogens with zero attached hydrogens (tertiary/aromatic N) is 1. The van der Waals surface area contributed by atoms with Crippen LogP contribution in [0.3, 0.4) is 0 Å². The van der Waals surface area contributed by atoms with Crippen LogP contribution in [0.5, 0.6) is 0 Å². The lowest BCUT2D eigenvalue weighted by molar-refractivity contribution is -0.387. The average molecular weight is 345 g/mol. The fraction of sp³-hybridized carbons (Fsp3) is 0.125. The molecule has 0 heterocycles. The van der Waals surface area contributed by atoms with Crippen LogP contribution in [0, 0.1) is 10.1 Å². The van der Waals surface area contributed by atoms with Gasteiger partial charge in [-0.15, -0.1) is 11.8 Å². The fourth-order valence-corrected chi connectivity index (χ4v) is 2.74. The van der Waals surface area contributed by atoms with Gasteiger partial charge in [0.25, 0.3) is 11.6 Å². The van der Waals surface area contributed by atoms with Crippen molar-refractivity contribution in [2.24, 2.45) is 0 Å². The Bertz CT molecular complexity index is 762. The van der Waals surface area contributed by atoms with Gasteiger partial charge in [0.05, 0.1) is 15.6 Å². The number of thioether (sulfide) groups is 1. The summed E-state index contributed by atoms with van der Waals surface area (Å²) in [7, 11) is 1.54. The summed E-state index contributed by atoms with van der Waals surface area (Å²) in [6, 6.07) is 12.7. The van der Waals surface area contributed by atoms with Crippen molar-refractivity contribution in [3.05, 3.63) is 64.2 Å². The molecule has 0 atom stereocenters. The maximum absolute atomic E-state index is 12.0. The number of hydrogen-bond donors (Lipinski definition) is 2. The van der Waals surface area contributed by atoms with Gasteiger partial charge in [-0.3, -0.25) is 19.7 Å². The van der Waals surface area contributed by atoms with E-state index in [1.165, 1.54) is 13.1 Å². The van der Waals surface area contributed by atoms with Crippen LogP contribution >= 0.6 is 11.8 Å². The molecule has 0 unspecified atom stereocenters. The Labute approximate surface area is 142 Å². The highest BCUT2D eigenvalue weighted by Gasteiger charge is 2.14. The Balaban J connectivity index is 1.94. The summed E-state index contributed by atoms with van der Waals surface area (Å²) in [6.45, 7) is 0. The number of nitro benzene ring substituents is 1. The van der Waals surface area contributed by atoms with E-state index in [0.29, 0.717) is 16.1 Å². The Kier molecular flexibility index (Phi) is 5.91. The molecule has 0 aliphatic heterocycles. The zero-order valence-corrected chi connectivity index (χ0v) is 13.6. The predicted octanol–water partition coefficient (Wildman–Crippen LogP) is 2.69. The van der Waals surface area contributed by atoms with Crippen LogP contribution in [0.4, 0.5) is 11.4 Å². The first kappa shape index (κ1) is 17.5. The molecule has 0 aliphatic carbocycles. The van der Waals surface area contributed by atoms with Gasteiger partial charge in [-0.05, 0) is 30.3 Å². The number of rotatable bonds is 6.